The van der Waals surface area contributed by atoms with E-state index in [9.17, 15) is 22.0 Å². The molecule has 0 spiro atoms. The van der Waals surface area contributed by atoms with Crippen LogP contribution in [0.1, 0.15) is 16.7 Å². The molecule has 7 nitrogen and oxygen atoms in total. The van der Waals surface area contributed by atoms with Crippen molar-refractivity contribution in [1.29, 1.82) is 0 Å². The number of esters is 1. The number of alkyl halides is 2. The summed E-state index contributed by atoms with van der Waals surface area (Å²) in [5.74, 6) is -2.51. The van der Waals surface area contributed by atoms with Crippen LogP contribution in [0, 0.1) is 6.92 Å². The molecule has 0 N–H and O–H groups in total. The molecule has 0 aliphatic rings. The van der Waals surface area contributed by atoms with Crippen LogP contribution in [0.3, 0.4) is 0 Å². The van der Waals surface area contributed by atoms with Crippen molar-refractivity contribution in [3.8, 4) is 5.75 Å². The normalized spacial score (nSPS) is 12.2. The Morgan fingerprint density at radius 2 is 1.54 bits per heavy atom. The maximum atomic E-state index is 13.7. The molecule has 0 saturated carbocycles. The Kier molecular flexibility index (Phi) is 6.78. The molecule has 1 rings (SSSR count). The largest absolute Gasteiger partial charge is 0.466 e. The highest BCUT2D eigenvalue weighted by Gasteiger charge is 2.56. The van der Waals surface area contributed by atoms with Gasteiger partial charge < -0.3 is 14.2 Å². The molecular formula is C14H18F2O7S. The van der Waals surface area contributed by atoms with E-state index in [0.29, 0.717) is 18.2 Å². The average Bonchev–Trinajstić information content (AvgIpc) is 2.50. The lowest BCUT2D eigenvalue weighted by atomic mass is 10.1. The van der Waals surface area contributed by atoms with Crippen molar-refractivity contribution in [1.82, 2.24) is 0 Å². The van der Waals surface area contributed by atoms with Gasteiger partial charge in [0.05, 0.1) is 20.3 Å². The van der Waals surface area contributed by atoms with E-state index in [2.05, 4.69) is 8.92 Å². The first-order valence-corrected chi connectivity index (χ1v) is 8.02. The fourth-order valence-electron chi connectivity index (χ4n) is 1.94. The SMILES string of the molecule is COCc1cc(C)cc(COC)c1OC(=O)C(F)(F)S(=O)(=O)OC. The van der Waals surface area contributed by atoms with E-state index < -0.39 is 21.3 Å². The Morgan fingerprint density at radius 1 is 1.08 bits per heavy atom. The molecule has 0 atom stereocenters. The van der Waals surface area contributed by atoms with E-state index in [-0.39, 0.29) is 19.0 Å². The minimum absolute atomic E-state index is 0.0381. The third-order valence-corrected chi connectivity index (χ3v) is 4.19. The molecule has 0 radical (unpaired) electrons. The summed E-state index contributed by atoms with van der Waals surface area (Å²) >= 11 is 0. The molecule has 0 unspecified atom stereocenters. The number of benzene rings is 1. The summed E-state index contributed by atoms with van der Waals surface area (Å²) in [5.41, 5.74) is 1.34. The van der Waals surface area contributed by atoms with Crippen LogP contribution in [0.15, 0.2) is 12.1 Å². The number of hydrogen-bond acceptors (Lipinski definition) is 7. The third kappa shape index (κ3) is 4.26. The van der Waals surface area contributed by atoms with E-state index in [1.54, 1.807) is 19.1 Å². The lowest BCUT2D eigenvalue weighted by Gasteiger charge is -2.18. The van der Waals surface area contributed by atoms with Crippen LogP contribution in [0.2, 0.25) is 0 Å². The van der Waals surface area contributed by atoms with Crippen molar-refractivity contribution < 1.29 is 40.4 Å². The Balaban J connectivity index is 3.33. The van der Waals surface area contributed by atoms with E-state index in [0.717, 1.165) is 5.56 Å². The molecule has 24 heavy (non-hydrogen) atoms. The van der Waals surface area contributed by atoms with Gasteiger partial charge in [-0.1, -0.05) is 17.7 Å². The molecule has 0 saturated heterocycles. The van der Waals surface area contributed by atoms with E-state index in [1.807, 2.05) is 0 Å². The quantitative estimate of drug-likeness (QED) is 0.392. The maximum absolute atomic E-state index is 13.7. The van der Waals surface area contributed by atoms with Gasteiger partial charge in [-0.05, 0) is 6.92 Å². The first-order chi connectivity index (χ1) is 11.1. The Morgan fingerprint density at radius 3 is 1.92 bits per heavy atom. The molecule has 0 bridgehead atoms. The number of halogens is 2. The molecule has 0 aliphatic carbocycles. The highest BCUT2D eigenvalue weighted by molar-refractivity contribution is 7.88. The molecule has 136 valence electrons. The lowest BCUT2D eigenvalue weighted by Crippen LogP contribution is -2.41. The molecule has 0 aliphatic heterocycles. The number of ether oxygens (including phenoxy) is 3. The van der Waals surface area contributed by atoms with Crippen LogP contribution < -0.4 is 4.74 Å². The fourth-order valence-corrected chi connectivity index (χ4v) is 2.40. The number of aryl methyl sites for hydroxylation is 1. The second kappa shape index (κ2) is 7.97. The van der Waals surface area contributed by atoms with Gasteiger partial charge in [0.1, 0.15) is 5.75 Å². The van der Waals surface area contributed by atoms with Gasteiger partial charge in [-0.15, -0.1) is 0 Å². The Hall–Kier alpha value is -1.62. The molecule has 1 aromatic carbocycles. The Labute approximate surface area is 138 Å². The van der Waals surface area contributed by atoms with Crippen molar-refractivity contribution in [2.24, 2.45) is 0 Å². The van der Waals surface area contributed by atoms with Gasteiger partial charge >= 0.3 is 21.3 Å². The van der Waals surface area contributed by atoms with Gasteiger partial charge in [0, 0.05) is 25.3 Å². The summed E-state index contributed by atoms with van der Waals surface area (Å²) in [6.45, 7) is 1.67. The number of methoxy groups -OCH3 is 2. The summed E-state index contributed by atoms with van der Waals surface area (Å²) in [6, 6.07) is 3.13. The van der Waals surface area contributed by atoms with Gasteiger partial charge in [0.2, 0.25) is 0 Å². The summed E-state index contributed by atoms with van der Waals surface area (Å²) in [4.78, 5) is 11.7. The second-order valence-electron chi connectivity index (χ2n) is 4.81. The molecule has 0 amide bonds. The first-order valence-electron chi connectivity index (χ1n) is 6.61. The Bertz CT molecular complexity index is 674. The molecule has 1 aromatic rings. The summed E-state index contributed by atoms with van der Waals surface area (Å²) in [6.07, 6.45) is 0. The number of carbonyl (C=O) groups is 1. The monoisotopic (exact) mass is 368 g/mol. The smallest absolute Gasteiger partial charge is 0.420 e. The standard InChI is InChI=1S/C14H18F2O7S/c1-9-5-10(7-20-2)12(11(6-9)8-21-3)23-13(17)14(15,16)24(18,19)22-4/h5-6H,7-8H2,1-4H3. The molecule has 0 heterocycles. The van der Waals surface area contributed by atoms with Crippen LogP contribution in [-0.2, 0) is 41.8 Å². The zero-order valence-corrected chi connectivity index (χ0v) is 14.4. The van der Waals surface area contributed by atoms with Gasteiger partial charge in [-0.25, -0.2) is 4.79 Å². The van der Waals surface area contributed by atoms with Gasteiger partial charge in [0.15, 0.2) is 0 Å². The van der Waals surface area contributed by atoms with Crippen LogP contribution >= 0.6 is 0 Å². The van der Waals surface area contributed by atoms with Gasteiger partial charge in [-0.2, -0.15) is 17.2 Å². The average molecular weight is 368 g/mol. The maximum Gasteiger partial charge on any atom is 0.466 e. The topological polar surface area (TPSA) is 88.1 Å². The first kappa shape index (κ1) is 20.4. The minimum atomic E-state index is -5.45. The summed E-state index contributed by atoms with van der Waals surface area (Å²) < 4.78 is 68.2. The number of carbonyl (C=O) groups excluding carboxylic acids is 1. The zero-order valence-electron chi connectivity index (χ0n) is 13.6. The lowest BCUT2D eigenvalue weighted by molar-refractivity contribution is -0.151. The number of rotatable bonds is 8. The predicted octanol–water partition coefficient (Wildman–Crippen LogP) is 1.76. The molecule has 0 aromatic heterocycles. The van der Waals surface area contributed by atoms with E-state index >= 15 is 0 Å². The summed E-state index contributed by atoms with van der Waals surface area (Å²) in [5, 5.41) is -4.86. The fraction of sp³-hybridized carbons (Fsp3) is 0.500. The van der Waals surface area contributed by atoms with Crippen molar-refractivity contribution >= 4 is 16.1 Å². The van der Waals surface area contributed by atoms with Crippen LogP contribution in [0.4, 0.5) is 8.78 Å². The summed E-state index contributed by atoms with van der Waals surface area (Å²) in [7, 11) is -2.19. The van der Waals surface area contributed by atoms with Crippen molar-refractivity contribution in [3.05, 3.63) is 28.8 Å². The zero-order chi connectivity index (χ0) is 18.5. The van der Waals surface area contributed by atoms with E-state index in [1.165, 1.54) is 14.2 Å². The number of hydrogen-bond donors (Lipinski definition) is 0. The van der Waals surface area contributed by atoms with Gasteiger partial charge in [0.25, 0.3) is 0 Å². The molecular weight excluding hydrogens is 350 g/mol. The van der Waals surface area contributed by atoms with Gasteiger partial charge in [-0.3, -0.25) is 4.18 Å². The van der Waals surface area contributed by atoms with Crippen LogP contribution in [-0.4, -0.2) is 41.0 Å². The predicted molar refractivity (Wildman–Crippen MR) is 79.1 cm³/mol. The third-order valence-electron chi connectivity index (χ3n) is 2.95. The van der Waals surface area contributed by atoms with Crippen LogP contribution in [0.25, 0.3) is 0 Å². The van der Waals surface area contributed by atoms with Crippen molar-refractivity contribution in [2.75, 3.05) is 21.3 Å². The highest BCUT2D eigenvalue weighted by atomic mass is 32.2. The highest BCUT2D eigenvalue weighted by Crippen LogP contribution is 2.31. The molecule has 10 heteroatoms. The van der Waals surface area contributed by atoms with Crippen molar-refractivity contribution in [2.45, 2.75) is 25.4 Å². The minimum Gasteiger partial charge on any atom is -0.420 e. The van der Waals surface area contributed by atoms with Crippen molar-refractivity contribution in [3.63, 3.8) is 0 Å². The van der Waals surface area contributed by atoms with Crippen LogP contribution in [0.5, 0.6) is 5.75 Å². The van der Waals surface area contributed by atoms with E-state index in [4.69, 9.17) is 9.47 Å². The second-order valence-corrected chi connectivity index (χ2v) is 6.56. The molecule has 0 fully saturated rings.